The topological polar surface area (TPSA) is 29.3 Å². The molecule has 0 aromatic heterocycles. The van der Waals surface area contributed by atoms with Gasteiger partial charge in [0.05, 0.1) is 4.05 Å². The molecule has 0 bridgehead atoms. The predicted molar refractivity (Wildman–Crippen MR) is 47.6 cm³/mol. The summed E-state index contributed by atoms with van der Waals surface area (Å²) in [6, 6.07) is 0.433. The molecule has 0 aromatic rings. The summed E-state index contributed by atoms with van der Waals surface area (Å²) >= 11 is 2.42. The van der Waals surface area contributed by atoms with E-state index in [0.717, 1.165) is 6.54 Å². The van der Waals surface area contributed by atoms with Gasteiger partial charge in [-0.05, 0) is 13.3 Å². The van der Waals surface area contributed by atoms with Crippen molar-refractivity contribution in [1.29, 1.82) is 0 Å². The molecule has 0 amide bonds. The molecule has 1 rings (SSSR count). The maximum atomic E-state index is 5.72. The van der Waals surface area contributed by atoms with Crippen LogP contribution in [0, 0.1) is 0 Å². The van der Waals surface area contributed by atoms with Gasteiger partial charge < -0.3 is 5.73 Å². The van der Waals surface area contributed by atoms with Gasteiger partial charge in [0.1, 0.15) is 0 Å². The van der Waals surface area contributed by atoms with Gasteiger partial charge in [-0.25, -0.2) is 0 Å². The van der Waals surface area contributed by atoms with Crippen molar-refractivity contribution in [1.82, 2.24) is 4.90 Å². The average Bonchev–Trinajstić information content (AvgIpc) is 2.14. The largest absolute Gasteiger partial charge is 0.326 e. The van der Waals surface area contributed by atoms with E-state index in [2.05, 4.69) is 34.4 Å². The molecule has 2 atom stereocenters. The Bertz CT molecular complexity index is 95.1. The van der Waals surface area contributed by atoms with Gasteiger partial charge in [0.15, 0.2) is 0 Å². The molecule has 0 aliphatic carbocycles. The van der Waals surface area contributed by atoms with Crippen molar-refractivity contribution in [3.05, 3.63) is 0 Å². The Hall–Kier alpha value is 0.650. The Morgan fingerprint density at radius 2 is 2.44 bits per heavy atom. The van der Waals surface area contributed by atoms with Crippen LogP contribution >= 0.6 is 22.6 Å². The lowest BCUT2D eigenvalue weighted by molar-refractivity contribution is 0.340. The lowest BCUT2D eigenvalue weighted by Gasteiger charge is -2.17. The first-order valence-corrected chi connectivity index (χ1v) is 4.58. The molecule has 9 heavy (non-hydrogen) atoms. The van der Waals surface area contributed by atoms with Crippen LogP contribution in [0.5, 0.6) is 0 Å². The molecule has 0 radical (unpaired) electrons. The van der Waals surface area contributed by atoms with Gasteiger partial charge in [-0.15, -0.1) is 0 Å². The van der Waals surface area contributed by atoms with Gasteiger partial charge in [-0.3, -0.25) is 4.90 Å². The maximum absolute atomic E-state index is 5.72. The summed E-state index contributed by atoms with van der Waals surface area (Å²) < 4.78 is 0.649. The van der Waals surface area contributed by atoms with E-state index in [1.807, 2.05) is 0 Å². The van der Waals surface area contributed by atoms with Crippen LogP contribution < -0.4 is 5.73 Å². The fraction of sp³-hybridized carbons (Fsp3) is 1.00. The first-order valence-electron chi connectivity index (χ1n) is 3.34. The molecule has 1 aliphatic heterocycles. The first-order chi connectivity index (χ1) is 4.20. The molecular formula is C6H13IN2. The molecule has 0 spiro atoms. The molecule has 1 saturated heterocycles. The first kappa shape index (κ1) is 7.75. The van der Waals surface area contributed by atoms with Gasteiger partial charge in [-0.2, -0.15) is 0 Å². The summed E-state index contributed by atoms with van der Waals surface area (Å²) in [5.74, 6) is 0. The van der Waals surface area contributed by atoms with E-state index in [1.165, 1.54) is 13.0 Å². The smallest absolute Gasteiger partial charge is 0.0590 e. The minimum Gasteiger partial charge on any atom is -0.326 e. The molecule has 2 nitrogen and oxygen atoms in total. The Morgan fingerprint density at radius 1 is 1.78 bits per heavy atom. The highest BCUT2D eigenvalue weighted by atomic mass is 127. The van der Waals surface area contributed by atoms with Crippen LogP contribution in [0.1, 0.15) is 13.3 Å². The van der Waals surface area contributed by atoms with Crippen LogP contribution in [0.2, 0.25) is 0 Å². The van der Waals surface area contributed by atoms with Crippen molar-refractivity contribution in [3.8, 4) is 0 Å². The lowest BCUT2D eigenvalue weighted by Crippen LogP contribution is -2.29. The zero-order valence-electron chi connectivity index (χ0n) is 5.68. The SMILES string of the molecule is CC(I)N1CC[C@@H](N)C1. The van der Waals surface area contributed by atoms with Crippen LogP contribution in [0.15, 0.2) is 0 Å². The minimum absolute atomic E-state index is 0.433. The summed E-state index contributed by atoms with van der Waals surface area (Å²) in [5, 5.41) is 0. The molecule has 1 unspecified atom stereocenters. The Kier molecular flexibility index (Phi) is 2.73. The molecule has 54 valence electrons. The number of nitrogens with two attached hydrogens (primary N) is 1. The number of hydrogen-bond donors (Lipinski definition) is 1. The molecule has 3 heteroatoms. The number of rotatable bonds is 1. The van der Waals surface area contributed by atoms with Crippen molar-refractivity contribution in [2.45, 2.75) is 23.4 Å². The Labute approximate surface area is 69.9 Å². The quantitative estimate of drug-likeness (QED) is 0.417. The standard InChI is InChI=1S/C6H13IN2/c1-5(7)9-3-2-6(8)4-9/h5-6H,2-4,8H2,1H3/t5?,6-/m1/s1. The number of hydrogen-bond acceptors (Lipinski definition) is 2. The molecular weight excluding hydrogens is 227 g/mol. The van der Waals surface area contributed by atoms with Crippen molar-refractivity contribution < 1.29 is 0 Å². The van der Waals surface area contributed by atoms with E-state index >= 15 is 0 Å². The van der Waals surface area contributed by atoms with E-state index < -0.39 is 0 Å². The third kappa shape index (κ3) is 2.05. The summed E-state index contributed by atoms with van der Waals surface area (Å²) in [6.07, 6.45) is 1.17. The molecule has 1 fully saturated rings. The summed E-state index contributed by atoms with van der Waals surface area (Å²) in [7, 11) is 0. The van der Waals surface area contributed by atoms with E-state index in [-0.39, 0.29) is 0 Å². The highest BCUT2D eigenvalue weighted by molar-refractivity contribution is 14.1. The fourth-order valence-electron chi connectivity index (χ4n) is 1.14. The van der Waals surface area contributed by atoms with E-state index in [4.69, 9.17) is 5.73 Å². The second-order valence-corrected chi connectivity index (χ2v) is 4.42. The van der Waals surface area contributed by atoms with Crippen molar-refractivity contribution in [2.24, 2.45) is 5.73 Å². The zero-order chi connectivity index (χ0) is 6.85. The molecule has 0 aromatic carbocycles. The van der Waals surface area contributed by atoms with E-state index in [1.54, 1.807) is 0 Å². The second-order valence-electron chi connectivity index (χ2n) is 2.62. The van der Waals surface area contributed by atoms with Crippen molar-refractivity contribution in [2.75, 3.05) is 13.1 Å². The van der Waals surface area contributed by atoms with Crippen LogP contribution in [0.4, 0.5) is 0 Å². The second kappa shape index (κ2) is 3.16. The number of alkyl halides is 1. The monoisotopic (exact) mass is 240 g/mol. The van der Waals surface area contributed by atoms with Crippen molar-refractivity contribution >= 4 is 22.6 Å². The predicted octanol–water partition coefficient (Wildman–Crippen LogP) is 0.800. The molecule has 1 aliphatic rings. The zero-order valence-corrected chi connectivity index (χ0v) is 7.84. The van der Waals surface area contributed by atoms with E-state index in [0.29, 0.717) is 10.1 Å². The number of likely N-dealkylation sites (tertiary alicyclic amines) is 1. The highest BCUT2D eigenvalue weighted by Gasteiger charge is 2.21. The number of halogens is 1. The fourth-order valence-corrected chi connectivity index (χ4v) is 1.64. The number of nitrogens with zero attached hydrogens (tertiary/aromatic N) is 1. The third-order valence-corrected chi connectivity index (χ3v) is 2.55. The van der Waals surface area contributed by atoms with Crippen molar-refractivity contribution in [3.63, 3.8) is 0 Å². The highest BCUT2D eigenvalue weighted by Crippen LogP contribution is 2.14. The van der Waals surface area contributed by atoms with Gasteiger partial charge in [0.2, 0.25) is 0 Å². The minimum atomic E-state index is 0.433. The third-order valence-electron chi connectivity index (χ3n) is 1.76. The molecule has 2 N–H and O–H groups in total. The Morgan fingerprint density at radius 3 is 2.67 bits per heavy atom. The van der Waals surface area contributed by atoms with Crippen LogP contribution in [0.3, 0.4) is 0 Å². The normalized spacial score (nSPS) is 33.0. The summed E-state index contributed by atoms with van der Waals surface area (Å²) in [5.41, 5.74) is 5.72. The molecule has 0 saturated carbocycles. The van der Waals surface area contributed by atoms with Gasteiger partial charge >= 0.3 is 0 Å². The Balaban J connectivity index is 2.30. The average molecular weight is 240 g/mol. The van der Waals surface area contributed by atoms with Gasteiger partial charge in [-0.1, -0.05) is 22.6 Å². The van der Waals surface area contributed by atoms with E-state index in [9.17, 15) is 0 Å². The van der Waals surface area contributed by atoms with Crippen LogP contribution in [-0.4, -0.2) is 28.1 Å². The van der Waals surface area contributed by atoms with Gasteiger partial charge in [0, 0.05) is 19.1 Å². The van der Waals surface area contributed by atoms with Crippen LogP contribution in [-0.2, 0) is 0 Å². The summed E-state index contributed by atoms with van der Waals surface area (Å²) in [6.45, 7) is 4.48. The molecule has 1 heterocycles. The maximum Gasteiger partial charge on any atom is 0.0590 e. The van der Waals surface area contributed by atoms with Crippen LogP contribution in [0.25, 0.3) is 0 Å². The van der Waals surface area contributed by atoms with Gasteiger partial charge in [0.25, 0.3) is 0 Å². The summed E-state index contributed by atoms with van der Waals surface area (Å²) in [4.78, 5) is 2.41. The lowest BCUT2D eigenvalue weighted by atomic mass is 10.3.